The molecule has 0 aliphatic heterocycles. The van der Waals surface area contributed by atoms with Gasteiger partial charge in [-0.1, -0.05) is 34.9 Å². The molecule has 0 unspecified atom stereocenters. The second-order valence-corrected chi connectivity index (χ2v) is 8.83. The van der Waals surface area contributed by atoms with Crippen LogP contribution in [0.1, 0.15) is 21.6 Å². The lowest BCUT2D eigenvalue weighted by Gasteiger charge is -2.15. The number of aromatic nitrogens is 4. The first-order chi connectivity index (χ1) is 17.8. The number of hydrogen-bond acceptors (Lipinski definition) is 8. The van der Waals surface area contributed by atoms with Crippen LogP contribution in [0.2, 0.25) is 0 Å². The maximum Gasteiger partial charge on any atom is 0.316 e. The zero-order valence-electron chi connectivity index (χ0n) is 22.4. The molecule has 13 heteroatoms. The van der Waals surface area contributed by atoms with Crippen molar-refractivity contribution in [2.75, 3.05) is 24.4 Å². The normalized spacial score (nSPS) is 14.3. The highest BCUT2D eigenvalue weighted by molar-refractivity contribution is 9.10. The Bertz CT molecular complexity index is 1410. The SMILES string of the molecule is [2H]c1c([2H])c(-c2c(NS(=O)(=O)NC([2H])([2H])CC)ncnc2OCCOc2ncc(Br)cn2)c([2H])c([2H])c1Br. The summed E-state index contributed by atoms with van der Waals surface area (Å²) in [5.41, 5.74) is -0.633. The van der Waals surface area contributed by atoms with Crippen LogP contribution in [0.4, 0.5) is 5.82 Å². The van der Waals surface area contributed by atoms with Crippen molar-refractivity contribution in [1.29, 1.82) is 0 Å². The Morgan fingerprint density at radius 1 is 1.03 bits per heavy atom. The van der Waals surface area contributed by atoms with E-state index in [1.807, 2.05) is 4.72 Å². The van der Waals surface area contributed by atoms with Crippen LogP contribution >= 0.6 is 31.9 Å². The Hall–Kier alpha value is -2.35. The van der Waals surface area contributed by atoms with Crippen molar-refractivity contribution >= 4 is 47.9 Å². The standard InChI is InChI=1S/C19H20Br2N6O4S/c1-2-7-26-32(28,29)27-17-16(13-3-5-14(20)6-4-13)18(25-12-24-17)30-8-9-31-19-22-10-15(21)11-23-19/h3-6,10-12,26H,2,7-9H2,1H3,(H,24,25,27)/i3D,4D,5D,6D,7D2. The molecule has 3 aromatic rings. The molecule has 0 atom stereocenters. The quantitative estimate of drug-likeness (QED) is 0.323. The Kier molecular flexibility index (Phi) is 6.17. The van der Waals surface area contributed by atoms with Crippen LogP contribution in [0.3, 0.4) is 0 Å². The van der Waals surface area contributed by atoms with E-state index in [-0.39, 0.29) is 47.1 Å². The Labute approximate surface area is 211 Å². The number of rotatable bonds is 11. The topological polar surface area (TPSA) is 128 Å². The highest BCUT2D eigenvalue weighted by Crippen LogP contribution is 2.34. The zero-order chi connectivity index (χ0) is 28.3. The molecule has 170 valence electrons. The average Bonchev–Trinajstić information content (AvgIpc) is 2.85. The van der Waals surface area contributed by atoms with Crippen molar-refractivity contribution in [2.24, 2.45) is 0 Å². The van der Waals surface area contributed by atoms with Crippen LogP contribution in [0.25, 0.3) is 11.1 Å². The number of ether oxygens (including phenoxy) is 2. The van der Waals surface area contributed by atoms with E-state index in [4.69, 9.17) is 17.7 Å². The van der Waals surface area contributed by atoms with E-state index < -0.39 is 46.7 Å². The second kappa shape index (κ2) is 11.5. The summed E-state index contributed by atoms with van der Waals surface area (Å²) in [6, 6.07) is -1.83. The molecule has 0 aliphatic carbocycles. The molecule has 0 aliphatic rings. The molecule has 0 saturated carbocycles. The Balaban J connectivity index is 2.03. The van der Waals surface area contributed by atoms with Crippen molar-refractivity contribution in [1.82, 2.24) is 24.7 Å². The molecule has 10 nitrogen and oxygen atoms in total. The van der Waals surface area contributed by atoms with Crippen molar-refractivity contribution in [3.05, 3.63) is 51.8 Å². The monoisotopic (exact) mass is 592 g/mol. The third-order valence-corrected chi connectivity index (χ3v) is 5.10. The van der Waals surface area contributed by atoms with Crippen LogP contribution in [-0.2, 0) is 10.2 Å². The summed E-state index contributed by atoms with van der Waals surface area (Å²) in [6.45, 7) is -1.07. The number of benzene rings is 1. The molecule has 0 spiro atoms. The molecule has 2 N–H and O–H groups in total. The predicted molar refractivity (Wildman–Crippen MR) is 127 cm³/mol. The van der Waals surface area contributed by atoms with Crippen LogP contribution in [-0.4, -0.2) is 48.1 Å². The lowest BCUT2D eigenvalue weighted by atomic mass is 10.1. The van der Waals surface area contributed by atoms with Gasteiger partial charge in [-0.3, -0.25) is 4.72 Å². The molecular formula is C19H20Br2N6O4S. The smallest absolute Gasteiger partial charge is 0.316 e. The average molecular weight is 594 g/mol. The van der Waals surface area contributed by atoms with Gasteiger partial charge in [-0.15, -0.1) is 0 Å². The molecule has 0 amide bonds. The van der Waals surface area contributed by atoms with Crippen molar-refractivity contribution in [3.63, 3.8) is 0 Å². The zero-order valence-corrected chi connectivity index (χ0v) is 20.4. The van der Waals surface area contributed by atoms with Crippen molar-refractivity contribution in [3.8, 4) is 23.0 Å². The van der Waals surface area contributed by atoms with E-state index in [1.165, 1.54) is 19.3 Å². The molecule has 3 rings (SSSR count). The van der Waals surface area contributed by atoms with E-state index in [0.29, 0.717) is 4.47 Å². The minimum atomic E-state index is -4.56. The highest BCUT2D eigenvalue weighted by Gasteiger charge is 2.19. The van der Waals surface area contributed by atoms with Crippen molar-refractivity contribution < 1.29 is 26.1 Å². The molecule has 2 heterocycles. The molecule has 0 saturated heterocycles. The molecule has 0 bridgehead atoms. The molecule has 32 heavy (non-hydrogen) atoms. The first-order valence-electron chi connectivity index (χ1n) is 11.9. The van der Waals surface area contributed by atoms with Gasteiger partial charge >= 0.3 is 6.01 Å². The minimum Gasteiger partial charge on any atom is -0.473 e. The van der Waals surface area contributed by atoms with Crippen LogP contribution < -0.4 is 18.9 Å². The van der Waals surface area contributed by atoms with E-state index in [1.54, 1.807) is 0 Å². The van der Waals surface area contributed by atoms with Gasteiger partial charge in [0.25, 0.3) is 10.2 Å². The van der Waals surface area contributed by atoms with Crippen LogP contribution in [0.15, 0.2) is 51.8 Å². The fourth-order valence-corrected chi connectivity index (χ4v) is 3.37. The van der Waals surface area contributed by atoms with Gasteiger partial charge in [-0.05, 0) is 40.0 Å². The Morgan fingerprint density at radius 3 is 2.41 bits per heavy atom. The van der Waals surface area contributed by atoms with Gasteiger partial charge < -0.3 is 9.47 Å². The number of anilines is 1. The molecule has 0 radical (unpaired) electrons. The van der Waals surface area contributed by atoms with Gasteiger partial charge in [0.1, 0.15) is 19.5 Å². The van der Waals surface area contributed by atoms with Gasteiger partial charge in [0.15, 0.2) is 5.82 Å². The van der Waals surface area contributed by atoms with Gasteiger partial charge in [0.05, 0.1) is 15.5 Å². The fourth-order valence-electron chi connectivity index (χ4n) is 2.17. The summed E-state index contributed by atoms with van der Waals surface area (Å²) < 4.78 is 89.5. The van der Waals surface area contributed by atoms with E-state index >= 15 is 0 Å². The summed E-state index contributed by atoms with van der Waals surface area (Å²) >= 11 is 6.23. The lowest BCUT2D eigenvalue weighted by molar-refractivity contribution is 0.202. The van der Waals surface area contributed by atoms with E-state index in [9.17, 15) is 8.42 Å². The van der Waals surface area contributed by atoms with E-state index in [0.717, 1.165) is 6.33 Å². The summed E-state index contributed by atoms with van der Waals surface area (Å²) in [6.07, 6.45) is 3.75. The van der Waals surface area contributed by atoms with Gasteiger partial charge in [0.2, 0.25) is 5.88 Å². The molecule has 2 aromatic heterocycles. The van der Waals surface area contributed by atoms with E-state index in [2.05, 4.69) is 56.5 Å². The molecular weight excluding hydrogens is 568 g/mol. The largest absolute Gasteiger partial charge is 0.473 e. The molecule has 1 aromatic carbocycles. The fraction of sp³-hybridized carbons (Fsp3) is 0.263. The molecule has 0 fully saturated rings. The van der Waals surface area contributed by atoms with Gasteiger partial charge in [0, 0.05) is 26.1 Å². The minimum absolute atomic E-state index is 0.0666. The third kappa shape index (κ3) is 7.08. The second-order valence-electron chi connectivity index (χ2n) is 5.71. The lowest BCUT2D eigenvalue weighted by Crippen LogP contribution is -2.31. The number of hydrogen-bond donors (Lipinski definition) is 2. The highest BCUT2D eigenvalue weighted by atomic mass is 79.9. The maximum absolute atomic E-state index is 12.7. The number of halogens is 2. The first kappa shape index (κ1) is 17.2. The Morgan fingerprint density at radius 2 is 1.72 bits per heavy atom. The van der Waals surface area contributed by atoms with Crippen molar-refractivity contribution in [2.45, 2.75) is 13.3 Å². The summed E-state index contributed by atoms with van der Waals surface area (Å²) in [4.78, 5) is 15.8. The predicted octanol–water partition coefficient (Wildman–Crippen LogP) is 3.57. The number of nitrogens with one attached hydrogen (secondary N) is 2. The summed E-state index contributed by atoms with van der Waals surface area (Å²) in [5, 5.41) is 0. The first-order valence-corrected chi connectivity index (χ1v) is 12.0. The van der Waals surface area contributed by atoms with Gasteiger partial charge in [-0.2, -0.15) is 13.1 Å². The summed E-state index contributed by atoms with van der Waals surface area (Å²) in [5.74, 6) is -0.741. The van der Waals surface area contributed by atoms with Gasteiger partial charge in [-0.25, -0.2) is 19.9 Å². The maximum atomic E-state index is 12.7. The summed E-state index contributed by atoms with van der Waals surface area (Å²) in [7, 11) is -4.56. The van der Waals surface area contributed by atoms with Crippen LogP contribution in [0, 0.1) is 0 Å². The third-order valence-electron chi connectivity index (χ3n) is 3.42. The number of nitrogens with zero attached hydrogens (tertiary/aromatic N) is 4. The van der Waals surface area contributed by atoms with Crippen LogP contribution in [0.5, 0.6) is 11.9 Å².